The molecule has 0 aliphatic heterocycles. The number of nitrogens with two attached hydrogens (primary N) is 2. The third kappa shape index (κ3) is 4.22. The fourth-order valence-corrected chi connectivity index (χ4v) is 3.00. The van der Waals surface area contributed by atoms with Gasteiger partial charge in [0.25, 0.3) is 5.91 Å². The van der Waals surface area contributed by atoms with Crippen molar-refractivity contribution in [3.05, 3.63) is 72.3 Å². The van der Waals surface area contributed by atoms with E-state index in [4.69, 9.17) is 16.7 Å². The van der Waals surface area contributed by atoms with E-state index in [0.717, 1.165) is 28.1 Å². The molecule has 0 fully saturated rings. The number of hydrogen-bond acceptors (Lipinski definition) is 2. The SMILES string of the molecule is N#CCc1cccc(-c2ccc(-c3ccccc3)n2CC(=O)N=C(N)N)c1. The monoisotopic (exact) mass is 357 g/mol. The Bertz CT molecular complexity index is 1020. The lowest BCUT2D eigenvalue weighted by molar-refractivity contribution is -0.118. The summed E-state index contributed by atoms with van der Waals surface area (Å²) in [4.78, 5) is 15.9. The molecule has 1 amide bonds. The molecule has 0 bridgehead atoms. The van der Waals surface area contributed by atoms with E-state index < -0.39 is 5.91 Å². The molecule has 6 nitrogen and oxygen atoms in total. The average molecular weight is 357 g/mol. The van der Waals surface area contributed by atoms with Crippen LogP contribution in [0.5, 0.6) is 0 Å². The van der Waals surface area contributed by atoms with Crippen molar-refractivity contribution in [2.24, 2.45) is 16.5 Å². The molecule has 1 heterocycles. The van der Waals surface area contributed by atoms with Gasteiger partial charge in [0.05, 0.1) is 12.5 Å². The van der Waals surface area contributed by atoms with Crippen molar-refractivity contribution in [3.8, 4) is 28.6 Å². The molecule has 0 saturated heterocycles. The second kappa shape index (κ2) is 8.02. The Kier molecular flexibility index (Phi) is 5.33. The van der Waals surface area contributed by atoms with Gasteiger partial charge in [0.2, 0.25) is 0 Å². The molecular weight excluding hydrogens is 338 g/mol. The number of guanidine groups is 1. The fourth-order valence-electron chi connectivity index (χ4n) is 3.00. The molecule has 134 valence electrons. The van der Waals surface area contributed by atoms with Crippen molar-refractivity contribution < 1.29 is 4.79 Å². The summed E-state index contributed by atoms with van der Waals surface area (Å²) in [6, 6.07) is 23.6. The Morgan fingerprint density at radius 2 is 1.63 bits per heavy atom. The first-order chi connectivity index (χ1) is 13.1. The summed E-state index contributed by atoms with van der Waals surface area (Å²) in [5.41, 5.74) is 15.2. The first kappa shape index (κ1) is 18.0. The molecule has 0 unspecified atom stereocenters. The second-order valence-corrected chi connectivity index (χ2v) is 6.02. The zero-order valence-corrected chi connectivity index (χ0v) is 14.7. The smallest absolute Gasteiger partial charge is 0.268 e. The first-order valence-electron chi connectivity index (χ1n) is 8.42. The van der Waals surface area contributed by atoms with Gasteiger partial charge in [-0.1, -0.05) is 48.5 Å². The average Bonchev–Trinajstić information content (AvgIpc) is 3.05. The molecule has 0 saturated carbocycles. The van der Waals surface area contributed by atoms with E-state index in [2.05, 4.69) is 11.1 Å². The van der Waals surface area contributed by atoms with Gasteiger partial charge >= 0.3 is 0 Å². The summed E-state index contributed by atoms with van der Waals surface area (Å²) in [7, 11) is 0. The number of amides is 1. The molecule has 2 aromatic carbocycles. The molecule has 1 aromatic heterocycles. The van der Waals surface area contributed by atoms with Crippen LogP contribution in [0.4, 0.5) is 0 Å². The molecule has 6 heteroatoms. The van der Waals surface area contributed by atoms with Crippen LogP contribution in [0.1, 0.15) is 5.56 Å². The fraction of sp³-hybridized carbons (Fsp3) is 0.0952. The highest BCUT2D eigenvalue weighted by molar-refractivity contribution is 5.92. The Hall–Kier alpha value is -3.85. The summed E-state index contributed by atoms with van der Waals surface area (Å²) in [5.74, 6) is -0.691. The Labute approximate surface area is 157 Å². The van der Waals surface area contributed by atoms with Gasteiger partial charge in [0.15, 0.2) is 5.96 Å². The van der Waals surface area contributed by atoms with Gasteiger partial charge in [0, 0.05) is 11.4 Å². The van der Waals surface area contributed by atoms with Gasteiger partial charge in [-0.2, -0.15) is 10.3 Å². The predicted molar refractivity (Wildman–Crippen MR) is 105 cm³/mol. The van der Waals surface area contributed by atoms with E-state index in [1.165, 1.54) is 0 Å². The van der Waals surface area contributed by atoms with E-state index >= 15 is 0 Å². The van der Waals surface area contributed by atoms with Gasteiger partial charge in [-0.05, 0) is 34.9 Å². The largest absolute Gasteiger partial charge is 0.370 e. The lowest BCUT2D eigenvalue weighted by Gasteiger charge is -2.13. The third-order valence-corrected chi connectivity index (χ3v) is 4.10. The standard InChI is InChI=1S/C21H19N5O/c22-12-11-15-5-4-8-17(13-15)19-10-9-18(16-6-2-1-3-7-16)26(19)14-20(27)25-21(23)24/h1-10,13H,11,14H2,(H4,23,24,25,27). The predicted octanol–water partition coefficient (Wildman–Crippen LogP) is 2.69. The highest BCUT2D eigenvalue weighted by Crippen LogP contribution is 2.29. The molecule has 0 aliphatic carbocycles. The lowest BCUT2D eigenvalue weighted by Crippen LogP contribution is -2.25. The van der Waals surface area contributed by atoms with Crippen molar-refractivity contribution in [2.45, 2.75) is 13.0 Å². The van der Waals surface area contributed by atoms with Crippen LogP contribution >= 0.6 is 0 Å². The molecule has 3 rings (SSSR count). The Morgan fingerprint density at radius 3 is 2.30 bits per heavy atom. The van der Waals surface area contributed by atoms with Crippen LogP contribution in [-0.4, -0.2) is 16.4 Å². The number of nitriles is 1. The molecule has 3 aromatic rings. The normalized spacial score (nSPS) is 10.2. The van der Waals surface area contributed by atoms with Crippen LogP contribution in [0.2, 0.25) is 0 Å². The van der Waals surface area contributed by atoms with Crippen molar-refractivity contribution >= 4 is 11.9 Å². The first-order valence-corrected chi connectivity index (χ1v) is 8.42. The van der Waals surface area contributed by atoms with Crippen LogP contribution in [-0.2, 0) is 17.8 Å². The second-order valence-electron chi connectivity index (χ2n) is 6.02. The molecule has 0 atom stereocenters. The highest BCUT2D eigenvalue weighted by Gasteiger charge is 2.15. The quantitative estimate of drug-likeness (QED) is 0.540. The number of carbonyl (C=O) groups is 1. The zero-order chi connectivity index (χ0) is 19.2. The lowest BCUT2D eigenvalue weighted by atomic mass is 10.1. The van der Waals surface area contributed by atoms with E-state index in [0.29, 0.717) is 6.42 Å². The highest BCUT2D eigenvalue weighted by atomic mass is 16.1. The van der Waals surface area contributed by atoms with Crippen molar-refractivity contribution in [1.29, 1.82) is 5.26 Å². The number of carbonyl (C=O) groups excluding carboxylic acids is 1. The molecule has 0 aliphatic rings. The summed E-state index contributed by atoms with van der Waals surface area (Å²) in [6.07, 6.45) is 0.326. The number of rotatable bonds is 5. The topological polar surface area (TPSA) is 110 Å². The minimum atomic E-state index is -0.433. The maximum absolute atomic E-state index is 12.2. The minimum absolute atomic E-state index is 0.00688. The molecule has 0 spiro atoms. The number of hydrogen-bond donors (Lipinski definition) is 2. The number of aliphatic imine (C=N–C) groups is 1. The summed E-state index contributed by atoms with van der Waals surface area (Å²) < 4.78 is 1.88. The Balaban J connectivity index is 2.10. The van der Waals surface area contributed by atoms with Crippen molar-refractivity contribution in [2.75, 3.05) is 0 Å². The number of aromatic nitrogens is 1. The molecule has 0 radical (unpaired) electrons. The zero-order valence-electron chi connectivity index (χ0n) is 14.7. The maximum atomic E-state index is 12.2. The van der Waals surface area contributed by atoms with E-state index in [9.17, 15) is 4.79 Å². The van der Waals surface area contributed by atoms with Crippen LogP contribution in [0.25, 0.3) is 22.5 Å². The molecule has 27 heavy (non-hydrogen) atoms. The van der Waals surface area contributed by atoms with Crippen LogP contribution in [0, 0.1) is 11.3 Å². The Morgan fingerprint density at radius 1 is 0.963 bits per heavy atom. The van der Waals surface area contributed by atoms with Gasteiger partial charge < -0.3 is 16.0 Å². The van der Waals surface area contributed by atoms with Crippen molar-refractivity contribution in [1.82, 2.24) is 4.57 Å². The van der Waals surface area contributed by atoms with E-state index in [1.54, 1.807) is 0 Å². The van der Waals surface area contributed by atoms with Crippen LogP contribution < -0.4 is 11.5 Å². The van der Waals surface area contributed by atoms with Gasteiger partial charge in [0.1, 0.15) is 6.54 Å². The summed E-state index contributed by atoms with van der Waals surface area (Å²) in [6.45, 7) is 0.00688. The summed E-state index contributed by atoms with van der Waals surface area (Å²) >= 11 is 0. The van der Waals surface area contributed by atoms with Crippen LogP contribution in [0.15, 0.2) is 71.7 Å². The number of benzene rings is 2. The van der Waals surface area contributed by atoms with Gasteiger partial charge in [-0.25, -0.2) is 0 Å². The van der Waals surface area contributed by atoms with Gasteiger partial charge in [-0.3, -0.25) is 4.79 Å². The van der Waals surface area contributed by atoms with Crippen LogP contribution in [0.3, 0.4) is 0 Å². The van der Waals surface area contributed by atoms with E-state index in [-0.39, 0.29) is 12.5 Å². The molecule has 4 N–H and O–H groups in total. The minimum Gasteiger partial charge on any atom is -0.370 e. The maximum Gasteiger partial charge on any atom is 0.268 e. The molecular formula is C21H19N5O. The van der Waals surface area contributed by atoms with Crippen molar-refractivity contribution in [3.63, 3.8) is 0 Å². The summed E-state index contributed by atoms with van der Waals surface area (Å²) in [5, 5.41) is 8.95. The van der Waals surface area contributed by atoms with Gasteiger partial charge in [-0.15, -0.1) is 0 Å². The number of nitrogens with zero attached hydrogens (tertiary/aromatic N) is 3. The van der Waals surface area contributed by atoms with E-state index in [1.807, 2.05) is 71.3 Å². The third-order valence-electron chi connectivity index (χ3n) is 4.10.